The van der Waals surface area contributed by atoms with E-state index >= 15 is 0 Å². The summed E-state index contributed by atoms with van der Waals surface area (Å²) in [5.74, 6) is -0.217. The smallest absolute Gasteiger partial charge is 0.255 e. The third-order valence-electron chi connectivity index (χ3n) is 3.52. The Labute approximate surface area is 137 Å². The van der Waals surface area contributed by atoms with Crippen LogP contribution >= 0.6 is 0 Å². The molecule has 6 heteroatoms. The molecule has 0 spiro atoms. The maximum atomic E-state index is 12.3. The molecule has 0 bridgehead atoms. The van der Waals surface area contributed by atoms with Crippen LogP contribution in [-0.4, -0.2) is 32.7 Å². The van der Waals surface area contributed by atoms with Crippen LogP contribution in [0.1, 0.15) is 21.5 Å². The zero-order chi connectivity index (χ0) is 17.2. The molecule has 1 amide bonds. The van der Waals surface area contributed by atoms with Crippen LogP contribution in [0.5, 0.6) is 0 Å². The van der Waals surface area contributed by atoms with E-state index in [9.17, 15) is 13.2 Å². The van der Waals surface area contributed by atoms with Crippen molar-refractivity contribution in [3.63, 3.8) is 0 Å². The van der Waals surface area contributed by atoms with Gasteiger partial charge in [0.25, 0.3) is 5.91 Å². The lowest BCUT2D eigenvalue weighted by atomic mass is 10.1. The zero-order valence-corrected chi connectivity index (χ0v) is 14.4. The molecule has 0 aliphatic heterocycles. The van der Waals surface area contributed by atoms with E-state index in [1.807, 2.05) is 26.0 Å². The maximum Gasteiger partial charge on any atom is 0.255 e. The molecule has 2 aromatic carbocycles. The van der Waals surface area contributed by atoms with Crippen LogP contribution < -0.4 is 5.32 Å². The van der Waals surface area contributed by atoms with E-state index in [0.717, 1.165) is 15.4 Å². The molecule has 5 nitrogen and oxygen atoms in total. The molecule has 0 aliphatic rings. The van der Waals surface area contributed by atoms with Gasteiger partial charge in [0.05, 0.1) is 4.90 Å². The summed E-state index contributed by atoms with van der Waals surface area (Å²) in [6.45, 7) is 3.85. The highest BCUT2D eigenvalue weighted by Crippen LogP contribution is 2.18. The highest BCUT2D eigenvalue weighted by Gasteiger charge is 2.17. The molecule has 2 rings (SSSR count). The third-order valence-corrected chi connectivity index (χ3v) is 5.35. The average Bonchev–Trinajstić information content (AvgIpc) is 2.47. The van der Waals surface area contributed by atoms with Crippen molar-refractivity contribution in [1.29, 1.82) is 0 Å². The Morgan fingerprint density at radius 3 is 2.13 bits per heavy atom. The summed E-state index contributed by atoms with van der Waals surface area (Å²) in [4.78, 5) is 12.5. The van der Waals surface area contributed by atoms with Gasteiger partial charge >= 0.3 is 0 Å². The summed E-state index contributed by atoms with van der Waals surface area (Å²) in [5.41, 5.74) is 3.14. The van der Waals surface area contributed by atoms with Gasteiger partial charge in [-0.2, -0.15) is 0 Å². The Morgan fingerprint density at radius 2 is 1.61 bits per heavy atom. The average molecular weight is 332 g/mol. The van der Waals surface area contributed by atoms with Crippen molar-refractivity contribution in [2.24, 2.45) is 0 Å². The first-order valence-electron chi connectivity index (χ1n) is 7.13. The molecule has 0 atom stereocenters. The van der Waals surface area contributed by atoms with Gasteiger partial charge in [-0.15, -0.1) is 0 Å². The molecular weight excluding hydrogens is 312 g/mol. The summed E-state index contributed by atoms with van der Waals surface area (Å²) in [5, 5.41) is 2.78. The molecule has 0 saturated heterocycles. The number of hydrogen-bond donors (Lipinski definition) is 1. The van der Waals surface area contributed by atoms with E-state index in [1.54, 1.807) is 18.2 Å². The van der Waals surface area contributed by atoms with Crippen LogP contribution in [0.15, 0.2) is 47.4 Å². The van der Waals surface area contributed by atoms with E-state index in [0.29, 0.717) is 11.3 Å². The molecule has 23 heavy (non-hydrogen) atoms. The minimum atomic E-state index is -3.47. The lowest BCUT2D eigenvalue weighted by molar-refractivity contribution is 0.102. The van der Waals surface area contributed by atoms with Crippen molar-refractivity contribution in [3.05, 3.63) is 59.2 Å². The molecule has 2 aromatic rings. The number of amides is 1. The molecule has 0 radical (unpaired) electrons. The van der Waals surface area contributed by atoms with Gasteiger partial charge in [0.2, 0.25) is 10.0 Å². The fourth-order valence-corrected chi connectivity index (χ4v) is 3.09. The first-order valence-corrected chi connectivity index (χ1v) is 8.57. The molecule has 0 saturated carbocycles. The van der Waals surface area contributed by atoms with Crippen LogP contribution in [0.4, 0.5) is 5.69 Å². The Kier molecular flexibility index (Phi) is 4.87. The molecular formula is C17H20N2O3S. The molecule has 0 unspecified atom stereocenters. The van der Waals surface area contributed by atoms with Crippen LogP contribution in [0.2, 0.25) is 0 Å². The second kappa shape index (κ2) is 6.52. The molecule has 0 fully saturated rings. The number of rotatable bonds is 4. The van der Waals surface area contributed by atoms with Crippen molar-refractivity contribution in [2.45, 2.75) is 18.7 Å². The van der Waals surface area contributed by atoms with Crippen molar-refractivity contribution >= 4 is 21.6 Å². The number of aryl methyl sites for hydroxylation is 2. The number of hydrogen-bond acceptors (Lipinski definition) is 3. The topological polar surface area (TPSA) is 66.5 Å². The van der Waals surface area contributed by atoms with Crippen LogP contribution in [0.25, 0.3) is 0 Å². The number of nitrogens with zero attached hydrogens (tertiary/aromatic N) is 1. The van der Waals surface area contributed by atoms with Crippen molar-refractivity contribution in [2.75, 3.05) is 19.4 Å². The summed E-state index contributed by atoms with van der Waals surface area (Å²) in [7, 11) is -0.510. The SMILES string of the molecule is Cc1ccc(C(=O)Nc2ccc(S(=O)(=O)N(C)C)cc2)c(C)c1. The van der Waals surface area contributed by atoms with Gasteiger partial charge in [0.15, 0.2) is 0 Å². The molecule has 1 N–H and O–H groups in total. The van der Waals surface area contributed by atoms with Crippen molar-refractivity contribution in [1.82, 2.24) is 4.31 Å². The molecule has 122 valence electrons. The lowest BCUT2D eigenvalue weighted by Gasteiger charge is -2.12. The van der Waals surface area contributed by atoms with Crippen LogP contribution in [-0.2, 0) is 10.0 Å². The Bertz CT molecular complexity index is 825. The first-order chi connectivity index (χ1) is 10.7. The second-order valence-electron chi connectivity index (χ2n) is 5.58. The van der Waals surface area contributed by atoms with Gasteiger partial charge in [-0.25, -0.2) is 12.7 Å². The fourth-order valence-electron chi connectivity index (χ4n) is 2.19. The van der Waals surface area contributed by atoms with Gasteiger partial charge in [-0.05, 0) is 49.7 Å². The predicted octanol–water partition coefficient (Wildman–Crippen LogP) is 2.81. The highest BCUT2D eigenvalue weighted by atomic mass is 32.2. The predicted molar refractivity (Wildman–Crippen MR) is 91.2 cm³/mol. The minimum absolute atomic E-state index is 0.187. The molecule has 0 heterocycles. The number of benzene rings is 2. The fraction of sp³-hybridized carbons (Fsp3) is 0.235. The maximum absolute atomic E-state index is 12.3. The van der Waals surface area contributed by atoms with E-state index in [1.165, 1.54) is 26.2 Å². The van der Waals surface area contributed by atoms with E-state index in [-0.39, 0.29) is 10.8 Å². The monoisotopic (exact) mass is 332 g/mol. The van der Waals surface area contributed by atoms with Gasteiger partial charge < -0.3 is 5.32 Å². The number of anilines is 1. The quantitative estimate of drug-likeness (QED) is 0.936. The van der Waals surface area contributed by atoms with Crippen LogP contribution in [0, 0.1) is 13.8 Å². The number of nitrogens with one attached hydrogen (secondary N) is 1. The normalized spacial score (nSPS) is 11.5. The Morgan fingerprint density at radius 1 is 1.00 bits per heavy atom. The van der Waals surface area contributed by atoms with Gasteiger partial charge in [-0.1, -0.05) is 17.7 Å². The summed E-state index contributed by atoms with van der Waals surface area (Å²) >= 11 is 0. The van der Waals surface area contributed by atoms with Crippen molar-refractivity contribution in [3.8, 4) is 0 Å². The number of carbonyl (C=O) groups excluding carboxylic acids is 1. The summed E-state index contributed by atoms with van der Waals surface area (Å²) < 4.78 is 25.2. The minimum Gasteiger partial charge on any atom is -0.322 e. The first kappa shape index (κ1) is 17.2. The molecule has 0 aromatic heterocycles. The standard InChI is InChI=1S/C17H20N2O3S/c1-12-5-10-16(13(2)11-12)17(20)18-14-6-8-15(9-7-14)23(21,22)19(3)4/h5-11H,1-4H3,(H,18,20). The summed E-state index contributed by atoms with van der Waals surface area (Å²) in [6, 6.07) is 11.7. The molecule has 0 aliphatic carbocycles. The zero-order valence-electron chi connectivity index (χ0n) is 13.6. The van der Waals surface area contributed by atoms with E-state index < -0.39 is 10.0 Å². The number of sulfonamides is 1. The van der Waals surface area contributed by atoms with Gasteiger partial charge in [-0.3, -0.25) is 4.79 Å². The van der Waals surface area contributed by atoms with Gasteiger partial charge in [0.1, 0.15) is 0 Å². The Hall–Kier alpha value is -2.18. The van der Waals surface area contributed by atoms with Gasteiger partial charge in [0, 0.05) is 25.3 Å². The van der Waals surface area contributed by atoms with Crippen LogP contribution in [0.3, 0.4) is 0 Å². The largest absolute Gasteiger partial charge is 0.322 e. The Balaban J connectivity index is 2.20. The highest BCUT2D eigenvalue weighted by molar-refractivity contribution is 7.89. The number of carbonyl (C=O) groups is 1. The van der Waals surface area contributed by atoms with Crippen molar-refractivity contribution < 1.29 is 13.2 Å². The van der Waals surface area contributed by atoms with E-state index in [2.05, 4.69) is 5.32 Å². The lowest BCUT2D eigenvalue weighted by Crippen LogP contribution is -2.22. The third kappa shape index (κ3) is 3.78. The summed E-state index contributed by atoms with van der Waals surface area (Å²) in [6.07, 6.45) is 0. The van der Waals surface area contributed by atoms with E-state index in [4.69, 9.17) is 0 Å². The second-order valence-corrected chi connectivity index (χ2v) is 7.74.